The Kier molecular flexibility index (Phi) is 5.61. The highest BCUT2D eigenvalue weighted by atomic mass is 79.9. The van der Waals surface area contributed by atoms with Crippen molar-refractivity contribution >= 4 is 44.0 Å². The molecular formula is C26H23BrClN3. The van der Waals surface area contributed by atoms with E-state index in [1.807, 2.05) is 12.1 Å². The Bertz CT molecular complexity index is 1260. The summed E-state index contributed by atoms with van der Waals surface area (Å²) in [5.41, 5.74) is 13.4. The number of nitrogens with two attached hydrogens (primary N) is 1. The lowest BCUT2D eigenvalue weighted by Gasteiger charge is -2.37. The number of aromatic amines is 1. The van der Waals surface area contributed by atoms with Crippen LogP contribution in [0, 0.1) is 0 Å². The minimum atomic E-state index is 0.0226. The van der Waals surface area contributed by atoms with E-state index >= 15 is 0 Å². The summed E-state index contributed by atoms with van der Waals surface area (Å²) in [6.45, 7) is 1.80. The van der Waals surface area contributed by atoms with E-state index in [9.17, 15) is 0 Å². The van der Waals surface area contributed by atoms with Gasteiger partial charge in [0, 0.05) is 39.2 Å². The van der Waals surface area contributed by atoms with E-state index in [0.29, 0.717) is 0 Å². The summed E-state index contributed by atoms with van der Waals surface area (Å²) in [5.74, 6) is 0. The van der Waals surface area contributed by atoms with Crippen molar-refractivity contribution in [1.82, 2.24) is 9.88 Å². The SMILES string of the molecule is N/C=C(\c1cccc(Br)c1)C1c2[nH]c3ccc(Cl)cc3c2CCN1Cc1ccccc1. The minimum absolute atomic E-state index is 0.0226. The largest absolute Gasteiger partial charge is 0.404 e. The van der Waals surface area contributed by atoms with Crippen molar-refractivity contribution < 1.29 is 0 Å². The van der Waals surface area contributed by atoms with E-state index in [2.05, 4.69) is 86.5 Å². The van der Waals surface area contributed by atoms with Crippen LogP contribution in [0.2, 0.25) is 5.02 Å². The Hall–Kier alpha value is -2.53. The van der Waals surface area contributed by atoms with Gasteiger partial charge in [-0.2, -0.15) is 0 Å². The van der Waals surface area contributed by atoms with Crippen LogP contribution in [0.25, 0.3) is 16.5 Å². The van der Waals surface area contributed by atoms with E-state index < -0.39 is 0 Å². The van der Waals surface area contributed by atoms with E-state index in [-0.39, 0.29) is 6.04 Å². The molecule has 1 unspecified atom stereocenters. The third-order valence-corrected chi connectivity index (χ3v) is 6.78. The van der Waals surface area contributed by atoms with Crippen LogP contribution in [0.1, 0.15) is 28.4 Å². The van der Waals surface area contributed by atoms with Crippen LogP contribution < -0.4 is 5.73 Å². The van der Waals surface area contributed by atoms with Crippen LogP contribution in [-0.2, 0) is 13.0 Å². The molecule has 156 valence electrons. The summed E-state index contributed by atoms with van der Waals surface area (Å²) in [6.07, 6.45) is 2.73. The molecule has 5 rings (SSSR count). The molecule has 1 aliphatic heterocycles. The number of nitrogens with one attached hydrogen (secondary N) is 1. The molecule has 1 atom stereocenters. The van der Waals surface area contributed by atoms with Gasteiger partial charge in [0.1, 0.15) is 0 Å². The highest BCUT2D eigenvalue weighted by Crippen LogP contribution is 2.43. The number of hydrogen-bond donors (Lipinski definition) is 2. The quantitative estimate of drug-likeness (QED) is 0.334. The Morgan fingerprint density at radius 1 is 1.10 bits per heavy atom. The fraction of sp³-hybridized carbons (Fsp3) is 0.154. The zero-order valence-electron chi connectivity index (χ0n) is 17.0. The summed E-state index contributed by atoms with van der Waals surface area (Å²) in [6, 6.07) is 25.1. The first-order valence-corrected chi connectivity index (χ1v) is 11.6. The zero-order chi connectivity index (χ0) is 21.4. The Morgan fingerprint density at radius 3 is 2.71 bits per heavy atom. The monoisotopic (exact) mass is 491 g/mol. The number of H-pyrrole nitrogens is 1. The Morgan fingerprint density at radius 2 is 1.94 bits per heavy atom. The summed E-state index contributed by atoms with van der Waals surface area (Å²) in [7, 11) is 0. The van der Waals surface area contributed by atoms with Gasteiger partial charge >= 0.3 is 0 Å². The number of aromatic nitrogens is 1. The second-order valence-electron chi connectivity index (χ2n) is 7.95. The lowest BCUT2D eigenvalue weighted by molar-refractivity contribution is 0.214. The van der Waals surface area contributed by atoms with E-state index in [4.69, 9.17) is 17.3 Å². The summed E-state index contributed by atoms with van der Waals surface area (Å²) in [4.78, 5) is 6.21. The molecule has 0 radical (unpaired) electrons. The normalized spacial score (nSPS) is 17.1. The number of benzene rings is 3. The van der Waals surface area contributed by atoms with E-state index in [1.165, 1.54) is 22.2 Å². The van der Waals surface area contributed by atoms with Gasteiger partial charge in [0.25, 0.3) is 0 Å². The molecule has 3 nitrogen and oxygen atoms in total. The van der Waals surface area contributed by atoms with E-state index in [0.717, 1.165) is 45.7 Å². The first kappa shape index (κ1) is 20.4. The summed E-state index contributed by atoms with van der Waals surface area (Å²) >= 11 is 9.95. The molecule has 2 heterocycles. The number of halogens is 2. The van der Waals surface area contributed by atoms with Gasteiger partial charge in [0.2, 0.25) is 0 Å². The van der Waals surface area contributed by atoms with Gasteiger partial charge in [-0.25, -0.2) is 0 Å². The third kappa shape index (κ3) is 3.91. The predicted octanol–water partition coefficient (Wildman–Crippen LogP) is 6.68. The topological polar surface area (TPSA) is 45.1 Å². The van der Waals surface area contributed by atoms with Gasteiger partial charge in [-0.15, -0.1) is 0 Å². The molecule has 1 aliphatic rings. The molecule has 5 heteroatoms. The molecule has 0 fully saturated rings. The van der Waals surface area contributed by atoms with Crippen molar-refractivity contribution in [1.29, 1.82) is 0 Å². The second kappa shape index (κ2) is 8.54. The number of nitrogens with zero attached hydrogens (tertiary/aromatic N) is 1. The fourth-order valence-corrected chi connectivity index (χ4v) is 5.24. The van der Waals surface area contributed by atoms with Crippen molar-refractivity contribution in [3.8, 4) is 0 Å². The van der Waals surface area contributed by atoms with E-state index in [1.54, 1.807) is 6.20 Å². The number of rotatable bonds is 4. The van der Waals surface area contributed by atoms with Crippen molar-refractivity contribution in [2.24, 2.45) is 5.73 Å². The molecule has 0 bridgehead atoms. The standard InChI is InChI=1S/C26H23BrClN3/c27-19-8-4-7-18(13-19)23(15-29)26-25-21(22-14-20(28)9-10-24(22)30-25)11-12-31(26)16-17-5-2-1-3-6-17/h1-10,13-15,26,30H,11-12,16,29H2/b23-15+. The van der Waals surface area contributed by atoms with Crippen molar-refractivity contribution in [2.45, 2.75) is 19.0 Å². The molecule has 0 saturated carbocycles. The Balaban J connectivity index is 1.66. The first-order chi connectivity index (χ1) is 15.1. The summed E-state index contributed by atoms with van der Waals surface area (Å²) in [5, 5.41) is 1.97. The van der Waals surface area contributed by atoms with Gasteiger partial charge in [0.15, 0.2) is 0 Å². The maximum Gasteiger partial charge on any atom is 0.0780 e. The third-order valence-electron chi connectivity index (χ3n) is 6.05. The number of hydrogen-bond acceptors (Lipinski definition) is 2. The molecule has 1 aromatic heterocycles. The highest BCUT2D eigenvalue weighted by molar-refractivity contribution is 9.10. The van der Waals surface area contributed by atoms with Crippen LogP contribution in [-0.4, -0.2) is 16.4 Å². The maximum absolute atomic E-state index is 6.33. The maximum atomic E-state index is 6.33. The zero-order valence-corrected chi connectivity index (χ0v) is 19.3. The van der Waals surface area contributed by atoms with Crippen LogP contribution in [0.3, 0.4) is 0 Å². The van der Waals surface area contributed by atoms with Crippen molar-refractivity contribution in [2.75, 3.05) is 6.54 Å². The average molecular weight is 493 g/mol. The van der Waals surface area contributed by atoms with Crippen LogP contribution in [0.4, 0.5) is 0 Å². The molecule has 0 amide bonds. The average Bonchev–Trinajstić information content (AvgIpc) is 3.14. The lowest BCUT2D eigenvalue weighted by atomic mass is 9.88. The molecule has 0 spiro atoms. The van der Waals surface area contributed by atoms with Gasteiger partial charge in [-0.3, -0.25) is 4.90 Å². The molecular weight excluding hydrogens is 470 g/mol. The number of fused-ring (bicyclic) bond motifs is 3. The van der Waals surface area contributed by atoms with Gasteiger partial charge < -0.3 is 10.7 Å². The first-order valence-electron chi connectivity index (χ1n) is 10.4. The van der Waals surface area contributed by atoms with Crippen LogP contribution in [0.15, 0.2) is 83.5 Å². The predicted molar refractivity (Wildman–Crippen MR) is 133 cm³/mol. The van der Waals surface area contributed by atoms with Crippen LogP contribution in [0.5, 0.6) is 0 Å². The van der Waals surface area contributed by atoms with Gasteiger partial charge in [0.05, 0.1) is 6.04 Å². The molecule has 0 aliphatic carbocycles. The van der Waals surface area contributed by atoms with Crippen LogP contribution >= 0.6 is 27.5 Å². The summed E-state index contributed by atoms with van der Waals surface area (Å²) < 4.78 is 1.04. The fourth-order valence-electron chi connectivity index (χ4n) is 4.66. The molecule has 3 N–H and O–H groups in total. The second-order valence-corrected chi connectivity index (χ2v) is 9.30. The molecule has 3 aromatic carbocycles. The van der Waals surface area contributed by atoms with Crippen molar-refractivity contribution in [3.63, 3.8) is 0 Å². The molecule has 31 heavy (non-hydrogen) atoms. The lowest BCUT2D eigenvalue weighted by Crippen LogP contribution is -2.36. The van der Waals surface area contributed by atoms with Gasteiger partial charge in [-0.05, 0) is 65.2 Å². The molecule has 0 saturated heterocycles. The van der Waals surface area contributed by atoms with Gasteiger partial charge in [-0.1, -0.05) is 70.0 Å². The highest BCUT2D eigenvalue weighted by Gasteiger charge is 2.33. The minimum Gasteiger partial charge on any atom is -0.404 e. The smallest absolute Gasteiger partial charge is 0.0780 e. The Labute approximate surface area is 195 Å². The van der Waals surface area contributed by atoms with Crippen molar-refractivity contribution in [3.05, 3.63) is 111 Å². The molecule has 4 aromatic rings.